The summed E-state index contributed by atoms with van der Waals surface area (Å²) in [7, 11) is 3.24. The molecule has 27 heavy (non-hydrogen) atoms. The average Bonchev–Trinajstić information content (AvgIpc) is 2.62. The highest BCUT2D eigenvalue weighted by Gasteiger charge is 2.28. The van der Waals surface area contributed by atoms with E-state index in [0.29, 0.717) is 37.9 Å². The smallest absolute Gasteiger partial charge is 0.422 e. The molecule has 0 radical (unpaired) electrons. The monoisotopic (exact) mass is 391 g/mol. The summed E-state index contributed by atoms with van der Waals surface area (Å²) >= 11 is 0. The number of hydrogen-bond acceptors (Lipinski definition) is 4. The highest BCUT2D eigenvalue weighted by Crippen LogP contribution is 2.23. The van der Waals surface area contributed by atoms with E-state index in [1.807, 2.05) is 6.07 Å². The topological polar surface area (TPSA) is 64.1 Å². The quantitative estimate of drug-likeness (QED) is 0.345. The van der Waals surface area contributed by atoms with Gasteiger partial charge >= 0.3 is 6.18 Å². The van der Waals surface area contributed by atoms with Crippen molar-refractivity contribution in [3.63, 3.8) is 0 Å². The summed E-state index contributed by atoms with van der Waals surface area (Å²) in [6.07, 6.45) is -3.59. The fourth-order valence-corrected chi connectivity index (χ4v) is 2.13. The van der Waals surface area contributed by atoms with E-state index in [4.69, 9.17) is 14.2 Å². The number of nitrogens with one attached hydrogen (secondary N) is 2. The summed E-state index contributed by atoms with van der Waals surface area (Å²) < 4.78 is 52.5. The summed E-state index contributed by atoms with van der Waals surface area (Å²) in [5.41, 5.74) is 1.45. The number of aliphatic imine (C=N–C) groups is 1. The van der Waals surface area contributed by atoms with E-state index in [0.717, 1.165) is 12.0 Å². The van der Waals surface area contributed by atoms with Crippen LogP contribution in [0.3, 0.4) is 0 Å². The molecule has 6 nitrogen and oxygen atoms in total. The molecule has 0 aliphatic rings. The minimum atomic E-state index is -4.38. The van der Waals surface area contributed by atoms with Crippen molar-refractivity contribution < 1.29 is 27.4 Å². The van der Waals surface area contributed by atoms with Crippen LogP contribution in [0.25, 0.3) is 0 Å². The van der Waals surface area contributed by atoms with Gasteiger partial charge in [-0.25, -0.2) is 0 Å². The Hall–Kier alpha value is -2.00. The van der Waals surface area contributed by atoms with Crippen LogP contribution < -0.4 is 15.4 Å². The van der Waals surface area contributed by atoms with Crippen LogP contribution in [0.2, 0.25) is 0 Å². The van der Waals surface area contributed by atoms with Gasteiger partial charge in [0.2, 0.25) is 0 Å². The van der Waals surface area contributed by atoms with Crippen LogP contribution in [0.15, 0.2) is 23.2 Å². The molecule has 1 aromatic rings. The Morgan fingerprint density at radius 2 is 1.93 bits per heavy atom. The SMILES string of the molecule is CN=C(NCCCOCCOC)NCc1ccc(C)cc1OCC(F)(F)F. The van der Waals surface area contributed by atoms with Crippen molar-refractivity contribution in [3.05, 3.63) is 29.3 Å². The van der Waals surface area contributed by atoms with E-state index in [-0.39, 0.29) is 12.3 Å². The molecule has 0 aliphatic carbocycles. The van der Waals surface area contributed by atoms with Crippen molar-refractivity contribution in [2.45, 2.75) is 26.1 Å². The number of ether oxygens (including phenoxy) is 3. The van der Waals surface area contributed by atoms with Gasteiger partial charge in [-0.05, 0) is 25.0 Å². The lowest BCUT2D eigenvalue weighted by molar-refractivity contribution is -0.153. The second kappa shape index (κ2) is 12.4. The molecular formula is C18H28F3N3O3. The molecular weight excluding hydrogens is 363 g/mol. The van der Waals surface area contributed by atoms with E-state index >= 15 is 0 Å². The Balaban J connectivity index is 2.45. The van der Waals surface area contributed by atoms with E-state index in [2.05, 4.69) is 15.6 Å². The van der Waals surface area contributed by atoms with Gasteiger partial charge in [-0.1, -0.05) is 12.1 Å². The summed E-state index contributed by atoms with van der Waals surface area (Å²) in [5, 5.41) is 6.20. The lowest BCUT2D eigenvalue weighted by Gasteiger charge is -2.16. The highest BCUT2D eigenvalue weighted by molar-refractivity contribution is 5.79. The summed E-state index contributed by atoms with van der Waals surface area (Å²) in [6.45, 7) is 3.13. The van der Waals surface area contributed by atoms with Crippen LogP contribution >= 0.6 is 0 Å². The average molecular weight is 391 g/mol. The third-order valence-corrected chi connectivity index (χ3v) is 3.47. The Kier molecular flexibility index (Phi) is 10.6. The van der Waals surface area contributed by atoms with Crippen LogP contribution in [0.1, 0.15) is 17.5 Å². The predicted octanol–water partition coefficient (Wildman–Crippen LogP) is 2.65. The van der Waals surface area contributed by atoms with Gasteiger partial charge in [-0.3, -0.25) is 4.99 Å². The zero-order valence-corrected chi connectivity index (χ0v) is 16.0. The van der Waals surface area contributed by atoms with Crippen molar-refractivity contribution in [3.8, 4) is 5.75 Å². The number of hydrogen-bond donors (Lipinski definition) is 2. The number of benzene rings is 1. The molecule has 0 aliphatic heterocycles. The summed E-state index contributed by atoms with van der Waals surface area (Å²) in [4.78, 5) is 4.10. The third-order valence-electron chi connectivity index (χ3n) is 3.47. The number of rotatable bonds is 11. The predicted molar refractivity (Wildman–Crippen MR) is 98.2 cm³/mol. The first kappa shape index (κ1) is 23.0. The van der Waals surface area contributed by atoms with Crippen molar-refractivity contribution in [1.29, 1.82) is 0 Å². The van der Waals surface area contributed by atoms with Crippen molar-refractivity contribution in [2.24, 2.45) is 4.99 Å². The molecule has 0 amide bonds. The first-order chi connectivity index (χ1) is 12.9. The largest absolute Gasteiger partial charge is 0.484 e. The standard InChI is InChI=1S/C18H28F3N3O3/c1-14-5-6-15(16(11-14)27-13-18(19,20)21)12-24-17(22-2)23-7-4-8-26-10-9-25-3/h5-6,11H,4,7-10,12-13H2,1-3H3,(H2,22,23,24). The molecule has 0 fully saturated rings. The first-order valence-corrected chi connectivity index (χ1v) is 8.66. The molecule has 1 aromatic carbocycles. The molecule has 0 saturated carbocycles. The maximum atomic E-state index is 12.4. The van der Waals surface area contributed by atoms with Crippen molar-refractivity contribution in [1.82, 2.24) is 10.6 Å². The number of alkyl halides is 3. The van der Waals surface area contributed by atoms with Gasteiger partial charge in [-0.2, -0.15) is 13.2 Å². The van der Waals surface area contributed by atoms with Gasteiger partial charge in [0, 0.05) is 39.4 Å². The van der Waals surface area contributed by atoms with Crippen molar-refractivity contribution in [2.75, 3.05) is 47.1 Å². The maximum Gasteiger partial charge on any atom is 0.422 e. The van der Waals surface area contributed by atoms with E-state index < -0.39 is 12.8 Å². The fourth-order valence-electron chi connectivity index (χ4n) is 2.13. The van der Waals surface area contributed by atoms with Crippen LogP contribution in [0, 0.1) is 6.92 Å². The minimum Gasteiger partial charge on any atom is -0.484 e. The molecule has 0 spiro atoms. The third kappa shape index (κ3) is 10.7. The van der Waals surface area contributed by atoms with Gasteiger partial charge in [0.15, 0.2) is 12.6 Å². The number of methoxy groups -OCH3 is 1. The van der Waals surface area contributed by atoms with Gasteiger partial charge in [0.1, 0.15) is 5.75 Å². The molecule has 0 unspecified atom stereocenters. The second-order valence-electron chi connectivity index (χ2n) is 5.83. The lowest BCUT2D eigenvalue weighted by atomic mass is 10.1. The first-order valence-electron chi connectivity index (χ1n) is 8.66. The van der Waals surface area contributed by atoms with E-state index in [1.54, 1.807) is 33.2 Å². The van der Waals surface area contributed by atoms with Gasteiger partial charge in [0.05, 0.1) is 13.2 Å². The highest BCUT2D eigenvalue weighted by atomic mass is 19.4. The molecule has 0 aromatic heterocycles. The van der Waals surface area contributed by atoms with E-state index in [9.17, 15) is 13.2 Å². The Bertz CT molecular complexity index is 581. The molecule has 2 N–H and O–H groups in total. The van der Waals surface area contributed by atoms with Gasteiger partial charge < -0.3 is 24.8 Å². The number of halogens is 3. The number of guanidine groups is 1. The van der Waals surface area contributed by atoms with E-state index in [1.165, 1.54) is 0 Å². The second-order valence-corrected chi connectivity index (χ2v) is 5.83. The van der Waals surface area contributed by atoms with Crippen LogP contribution in [0.4, 0.5) is 13.2 Å². The zero-order chi connectivity index (χ0) is 20.1. The molecule has 0 bridgehead atoms. The molecule has 0 heterocycles. The Morgan fingerprint density at radius 3 is 2.59 bits per heavy atom. The molecule has 0 saturated heterocycles. The number of aryl methyl sites for hydroxylation is 1. The molecule has 1 rings (SSSR count). The van der Waals surface area contributed by atoms with Crippen LogP contribution in [0.5, 0.6) is 5.75 Å². The normalized spacial score (nSPS) is 12.1. The fraction of sp³-hybridized carbons (Fsp3) is 0.611. The zero-order valence-electron chi connectivity index (χ0n) is 16.0. The Labute approximate surface area is 158 Å². The minimum absolute atomic E-state index is 0.210. The maximum absolute atomic E-state index is 12.4. The van der Waals surface area contributed by atoms with Gasteiger partial charge in [-0.15, -0.1) is 0 Å². The molecule has 9 heteroatoms. The van der Waals surface area contributed by atoms with Crippen molar-refractivity contribution >= 4 is 5.96 Å². The molecule has 154 valence electrons. The van der Waals surface area contributed by atoms with Crippen LogP contribution in [-0.2, 0) is 16.0 Å². The summed E-state index contributed by atoms with van der Waals surface area (Å²) in [5.74, 6) is 0.760. The Morgan fingerprint density at radius 1 is 1.15 bits per heavy atom. The summed E-state index contributed by atoms with van der Waals surface area (Å²) in [6, 6.07) is 5.16. The number of nitrogens with zero attached hydrogens (tertiary/aromatic N) is 1. The van der Waals surface area contributed by atoms with Crippen LogP contribution in [-0.4, -0.2) is 59.3 Å². The lowest BCUT2D eigenvalue weighted by Crippen LogP contribution is -2.37. The molecule has 0 atom stereocenters. The van der Waals surface area contributed by atoms with Gasteiger partial charge in [0.25, 0.3) is 0 Å².